The van der Waals surface area contributed by atoms with Gasteiger partial charge in [0.15, 0.2) is 9.84 Å². The molecule has 1 aliphatic rings. The van der Waals surface area contributed by atoms with Gasteiger partial charge < -0.3 is 0 Å². The van der Waals surface area contributed by atoms with Crippen LogP contribution in [0.3, 0.4) is 0 Å². The lowest BCUT2D eigenvalue weighted by molar-refractivity contribution is 0.611. The fourth-order valence-corrected chi connectivity index (χ4v) is 1.96. The summed E-state index contributed by atoms with van der Waals surface area (Å²) in [5, 5.41) is 1.25. The van der Waals surface area contributed by atoms with Gasteiger partial charge in [0.1, 0.15) is 0 Å². The van der Waals surface area contributed by atoms with E-state index in [4.69, 9.17) is 0 Å². The van der Waals surface area contributed by atoms with Gasteiger partial charge in [0.05, 0.1) is 0 Å². The molecule has 0 aromatic rings. The minimum atomic E-state index is -2.96. The lowest BCUT2D eigenvalue weighted by atomic mass is 10.4. The SMILES string of the molecule is CC=C1CC=CS1(=O)=O. The van der Waals surface area contributed by atoms with Crippen LogP contribution >= 0.6 is 0 Å². The summed E-state index contributed by atoms with van der Waals surface area (Å²) >= 11 is 0. The number of allylic oxidation sites excluding steroid dienone is 3. The highest BCUT2D eigenvalue weighted by atomic mass is 32.2. The van der Waals surface area contributed by atoms with Gasteiger partial charge in [0.25, 0.3) is 0 Å². The third kappa shape index (κ3) is 1.05. The Balaban J connectivity index is 3.14. The number of hydrogen-bond donors (Lipinski definition) is 0. The quantitative estimate of drug-likeness (QED) is 0.512. The zero-order chi connectivity index (χ0) is 6.91. The Bertz CT molecular complexity index is 257. The summed E-state index contributed by atoms with van der Waals surface area (Å²) in [4.78, 5) is 0.516. The van der Waals surface area contributed by atoms with E-state index in [9.17, 15) is 8.42 Å². The van der Waals surface area contributed by atoms with Crippen molar-refractivity contribution in [3.63, 3.8) is 0 Å². The maximum Gasteiger partial charge on any atom is 0.195 e. The summed E-state index contributed by atoms with van der Waals surface area (Å²) in [7, 11) is -2.96. The van der Waals surface area contributed by atoms with Crippen LogP contribution in [0.15, 0.2) is 22.5 Å². The first-order chi connectivity index (χ1) is 4.17. The van der Waals surface area contributed by atoms with Crippen LogP contribution in [0, 0.1) is 0 Å². The molecule has 0 atom stereocenters. The molecule has 50 valence electrons. The molecule has 0 saturated carbocycles. The molecule has 0 N–H and O–H groups in total. The fraction of sp³-hybridized carbons (Fsp3) is 0.333. The average molecular weight is 144 g/mol. The van der Waals surface area contributed by atoms with Crippen LogP contribution in [0.1, 0.15) is 13.3 Å². The van der Waals surface area contributed by atoms with E-state index in [1.165, 1.54) is 5.41 Å². The molecule has 0 saturated heterocycles. The molecule has 0 fully saturated rings. The Hall–Kier alpha value is -0.570. The van der Waals surface area contributed by atoms with Crippen molar-refractivity contribution in [2.75, 3.05) is 0 Å². The Morgan fingerprint density at radius 2 is 2.33 bits per heavy atom. The second-order valence-electron chi connectivity index (χ2n) is 1.88. The van der Waals surface area contributed by atoms with Crippen molar-refractivity contribution in [3.05, 3.63) is 22.5 Å². The van der Waals surface area contributed by atoms with Crippen LogP contribution in [-0.4, -0.2) is 8.42 Å². The molecule has 1 aliphatic heterocycles. The molecule has 0 radical (unpaired) electrons. The van der Waals surface area contributed by atoms with Gasteiger partial charge in [-0.15, -0.1) is 0 Å². The van der Waals surface area contributed by atoms with Gasteiger partial charge in [-0.25, -0.2) is 8.42 Å². The molecule has 1 heterocycles. The number of sulfone groups is 1. The molecule has 0 bridgehead atoms. The third-order valence-corrected chi connectivity index (χ3v) is 2.97. The van der Waals surface area contributed by atoms with Crippen molar-refractivity contribution >= 4 is 9.84 Å². The lowest BCUT2D eigenvalue weighted by Crippen LogP contribution is -1.91. The monoisotopic (exact) mass is 144 g/mol. The maximum atomic E-state index is 10.8. The van der Waals surface area contributed by atoms with E-state index in [-0.39, 0.29) is 0 Å². The van der Waals surface area contributed by atoms with Gasteiger partial charge in [-0.1, -0.05) is 12.2 Å². The summed E-state index contributed by atoms with van der Waals surface area (Å²) in [5.41, 5.74) is 0. The summed E-state index contributed by atoms with van der Waals surface area (Å²) in [6.07, 6.45) is 3.86. The predicted octanol–water partition coefficient (Wildman–Crippen LogP) is 1.22. The molecule has 0 aromatic heterocycles. The molecular formula is C6H8O2S. The molecular weight excluding hydrogens is 136 g/mol. The van der Waals surface area contributed by atoms with E-state index in [1.54, 1.807) is 19.1 Å². The topological polar surface area (TPSA) is 34.1 Å². The molecule has 2 nitrogen and oxygen atoms in total. The summed E-state index contributed by atoms with van der Waals surface area (Å²) in [6.45, 7) is 1.74. The largest absolute Gasteiger partial charge is 0.219 e. The lowest BCUT2D eigenvalue weighted by Gasteiger charge is -1.90. The Labute approximate surface area is 54.8 Å². The number of hydrogen-bond acceptors (Lipinski definition) is 2. The van der Waals surface area contributed by atoms with Gasteiger partial charge in [0, 0.05) is 16.7 Å². The standard InChI is InChI=1S/C6H8O2S/c1-2-6-4-3-5-9(6,7)8/h2-3,5H,4H2,1H3. The summed E-state index contributed by atoms with van der Waals surface area (Å²) in [6, 6.07) is 0. The van der Waals surface area contributed by atoms with Gasteiger partial charge in [-0.2, -0.15) is 0 Å². The van der Waals surface area contributed by atoms with Crippen LogP contribution in [0.2, 0.25) is 0 Å². The summed E-state index contributed by atoms with van der Waals surface area (Å²) < 4.78 is 21.7. The smallest absolute Gasteiger partial charge is 0.195 e. The normalized spacial score (nSPS) is 27.4. The zero-order valence-corrected chi connectivity index (χ0v) is 5.98. The second-order valence-corrected chi connectivity index (χ2v) is 3.76. The van der Waals surface area contributed by atoms with Crippen molar-refractivity contribution in [2.24, 2.45) is 0 Å². The van der Waals surface area contributed by atoms with Gasteiger partial charge in [-0.05, 0) is 6.92 Å². The van der Waals surface area contributed by atoms with Crippen LogP contribution in [0.25, 0.3) is 0 Å². The first kappa shape index (κ1) is 6.55. The molecule has 3 heteroatoms. The highest BCUT2D eigenvalue weighted by molar-refractivity contribution is 7.98. The Morgan fingerprint density at radius 3 is 2.56 bits per heavy atom. The molecule has 1 rings (SSSR count). The van der Waals surface area contributed by atoms with Crippen LogP contribution in [0.5, 0.6) is 0 Å². The second kappa shape index (κ2) is 1.99. The Kier molecular flexibility index (Phi) is 1.45. The van der Waals surface area contributed by atoms with E-state index in [0.29, 0.717) is 11.3 Å². The highest BCUT2D eigenvalue weighted by Crippen LogP contribution is 2.20. The molecule has 0 unspecified atom stereocenters. The van der Waals surface area contributed by atoms with Crippen molar-refractivity contribution in [3.8, 4) is 0 Å². The van der Waals surface area contributed by atoms with Crippen molar-refractivity contribution in [2.45, 2.75) is 13.3 Å². The maximum absolute atomic E-state index is 10.8. The molecule has 0 aliphatic carbocycles. The van der Waals surface area contributed by atoms with E-state index in [2.05, 4.69) is 0 Å². The first-order valence-corrected chi connectivity index (χ1v) is 4.28. The van der Waals surface area contributed by atoms with Crippen molar-refractivity contribution < 1.29 is 8.42 Å². The van der Waals surface area contributed by atoms with Crippen LogP contribution in [-0.2, 0) is 9.84 Å². The van der Waals surface area contributed by atoms with E-state index >= 15 is 0 Å². The van der Waals surface area contributed by atoms with Crippen molar-refractivity contribution in [1.82, 2.24) is 0 Å². The minimum absolute atomic E-state index is 0.516. The van der Waals surface area contributed by atoms with Gasteiger partial charge >= 0.3 is 0 Å². The van der Waals surface area contributed by atoms with Crippen LogP contribution in [0.4, 0.5) is 0 Å². The predicted molar refractivity (Wildman–Crippen MR) is 36.4 cm³/mol. The highest BCUT2D eigenvalue weighted by Gasteiger charge is 2.16. The summed E-state index contributed by atoms with van der Waals surface area (Å²) in [5.74, 6) is 0. The number of rotatable bonds is 0. The van der Waals surface area contributed by atoms with Gasteiger partial charge in [-0.3, -0.25) is 0 Å². The molecule has 0 aromatic carbocycles. The van der Waals surface area contributed by atoms with Crippen LogP contribution < -0.4 is 0 Å². The average Bonchev–Trinajstić information content (AvgIpc) is 2.08. The first-order valence-electron chi connectivity index (χ1n) is 2.73. The zero-order valence-electron chi connectivity index (χ0n) is 5.16. The molecule has 0 amide bonds. The van der Waals surface area contributed by atoms with Gasteiger partial charge in [0.2, 0.25) is 0 Å². The minimum Gasteiger partial charge on any atom is -0.219 e. The van der Waals surface area contributed by atoms with E-state index in [1.807, 2.05) is 0 Å². The fourth-order valence-electron chi connectivity index (χ4n) is 0.777. The van der Waals surface area contributed by atoms with E-state index < -0.39 is 9.84 Å². The molecule has 9 heavy (non-hydrogen) atoms. The van der Waals surface area contributed by atoms with Crippen molar-refractivity contribution in [1.29, 1.82) is 0 Å². The molecule has 0 spiro atoms. The third-order valence-electron chi connectivity index (χ3n) is 1.28. The Morgan fingerprint density at radius 1 is 1.67 bits per heavy atom. The van der Waals surface area contributed by atoms with E-state index in [0.717, 1.165) is 0 Å².